The first-order valence-corrected chi connectivity index (χ1v) is 6.20. The highest BCUT2D eigenvalue weighted by Crippen LogP contribution is 2.33. The predicted molar refractivity (Wildman–Crippen MR) is 59.1 cm³/mol. The molecule has 1 fully saturated rings. The highest BCUT2D eigenvalue weighted by atomic mass is 19.4. The van der Waals surface area contributed by atoms with Gasteiger partial charge in [-0.25, -0.2) is 4.79 Å². The molecule has 0 unspecified atom stereocenters. The quantitative estimate of drug-likeness (QED) is 0.779. The minimum absolute atomic E-state index is 0.314. The van der Waals surface area contributed by atoms with E-state index in [-0.39, 0.29) is 6.04 Å². The summed E-state index contributed by atoms with van der Waals surface area (Å²) in [6.45, 7) is 0. The van der Waals surface area contributed by atoms with E-state index in [4.69, 9.17) is 0 Å². The third-order valence-corrected chi connectivity index (χ3v) is 3.37. The lowest BCUT2D eigenvalue weighted by Gasteiger charge is -2.33. The highest BCUT2D eigenvalue weighted by Gasteiger charge is 2.57. The first kappa shape index (κ1) is 16.9. The number of nitrogens with one attached hydrogen (secondary N) is 1. The van der Waals surface area contributed by atoms with E-state index in [1.807, 2.05) is 0 Å². The van der Waals surface area contributed by atoms with Crippen molar-refractivity contribution in [2.24, 2.45) is 0 Å². The number of amides is 2. The van der Waals surface area contributed by atoms with Crippen LogP contribution in [0.15, 0.2) is 0 Å². The van der Waals surface area contributed by atoms with E-state index in [0.717, 1.165) is 29.5 Å². The van der Waals surface area contributed by atoms with E-state index in [9.17, 15) is 31.1 Å². The van der Waals surface area contributed by atoms with E-state index in [0.29, 0.717) is 12.8 Å². The summed E-state index contributed by atoms with van der Waals surface area (Å²) in [5.41, 5.74) is 0. The van der Waals surface area contributed by atoms with Crippen molar-refractivity contribution in [1.29, 1.82) is 0 Å². The molecule has 0 aromatic carbocycles. The van der Waals surface area contributed by atoms with Gasteiger partial charge in [0.05, 0.1) is 0 Å². The highest BCUT2D eigenvalue weighted by molar-refractivity contribution is 5.74. The normalized spacial score (nSPS) is 18.2. The van der Waals surface area contributed by atoms with Gasteiger partial charge in [0.15, 0.2) is 0 Å². The van der Waals surface area contributed by atoms with Gasteiger partial charge in [0, 0.05) is 13.1 Å². The molecule has 0 aliphatic heterocycles. The van der Waals surface area contributed by atoms with Crippen molar-refractivity contribution in [3.05, 3.63) is 0 Å². The number of urea groups is 1. The average molecular weight is 306 g/mol. The van der Waals surface area contributed by atoms with Crippen LogP contribution < -0.4 is 5.32 Å². The Morgan fingerprint density at radius 1 is 1.05 bits per heavy atom. The van der Waals surface area contributed by atoms with Crippen molar-refractivity contribution in [3.8, 4) is 0 Å². The molecule has 118 valence electrons. The molecule has 0 radical (unpaired) electrons. The minimum atomic E-state index is -5.57. The molecule has 0 heterocycles. The Bertz CT molecular complexity index is 321. The lowest BCUT2D eigenvalue weighted by molar-refractivity contribution is -0.255. The number of hydrogen-bond acceptors (Lipinski definition) is 1. The number of rotatable bonds is 2. The zero-order valence-electron chi connectivity index (χ0n) is 10.8. The van der Waals surface area contributed by atoms with Gasteiger partial charge in [-0.05, 0) is 12.8 Å². The topological polar surface area (TPSA) is 32.3 Å². The number of hydrogen-bond donors (Lipinski definition) is 1. The summed E-state index contributed by atoms with van der Waals surface area (Å²) in [4.78, 5) is 12.5. The first-order chi connectivity index (χ1) is 9.03. The molecule has 9 heteroatoms. The minimum Gasteiger partial charge on any atom is -0.325 e. The Morgan fingerprint density at radius 3 is 1.90 bits per heavy atom. The van der Waals surface area contributed by atoms with Crippen LogP contribution in [0.4, 0.5) is 31.1 Å². The maximum absolute atomic E-state index is 12.3. The molecule has 20 heavy (non-hydrogen) atoms. The number of nitrogens with zero attached hydrogens (tertiary/aromatic N) is 1. The molecule has 0 aromatic rings. The third-order valence-electron chi connectivity index (χ3n) is 3.37. The van der Waals surface area contributed by atoms with Crippen molar-refractivity contribution >= 4 is 6.03 Å². The summed E-state index contributed by atoms with van der Waals surface area (Å²) in [7, 11) is 1.22. The van der Waals surface area contributed by atoms with Crippen LogP contribution >= 0.6 is 0 Å². The van der Waals surface area contributed by atoms with Crippen LogP contribution in [-0.4, -0.2) is 42.4 Å². The summed E-state index contributed by atoms with van der Waals surface area (Å²) in [6.07, 6.45) is -7.38. The molecular weight excluding hydrogens is 290 g/mol. The van der Waals surface area contributed by atoms with Crippen molar-refractivity contribution in [2.75, 3.05) is 7.05 Å². The smallest absolute Gasteiger partial charge is 0.325 e. The molecule has 1 saturated carbocycles. The van der Waals surface area contributed by atoms with Crippen LogP contribution in [0, 0.1) is 0 Å². The first-order valence-electron chi connectivity index (χ1n) is 6.20. The summed E-state index contributed by atoms with van der Waals surface area (Å²) in [5.74, 6) is 0. The van der Waals surface area contributed by atoms with Gasteiger partial charge >= 0.3 is 18.4 Å². The predicted octanol–water partition coefficient (Wildman–Crippen LogP) is 3.45. The summed E-state index contributed by atoms with van der Waals surface area (Å²) in [6, 6.07) is -5.50. The average Bonchev–Trinajstić information content (AvgIpc) is 2.33. The number of halogens is 6. The maximum Gasteiger partial charge on any atom is 0.417 e. The second-order valence-corrected chi connectivity index (χ2v) is 4.87. The van der Waals surface area contributed by atoms with Crippen LogP contribution in [0.25, 0.3) is 0 Å². The molecule has 1 aliphatic carbocycles. The monoisotopic (exact) mass is 306 g/mol. The fourth-order valence-electron chi connectivity index (χ4n) is 2.21. The van der Waals surface area contributed by atoms with E-state index in [1.165, 1.54) is 7.05 Å². The second kappa shape index (κ2) is 6.09. The molecule has 1 N–H and O–H groups in total. The molecule has 0 bridgehead atoms. The van der Waals surface area contributed by atoms with Gasteiger partial charge < -0.3 is 10.2 Å². The largest absolute Gasteiger partial charge is 0.417 e. The molecule has 0 aromatic heterocycles. The van der Waals surface area contributed by atoms with Gasteiger partial charge in [0.1, 0.15) is 0 Å². The van der Waals surface area contributed by atoms with Crippen LogP contribution in [-0.2, 0) is 0 Å². The number of carbonyl (C=O) groups excluding carboxylic acids is 1. The maximum atomic E-state index is 12.3. The fourth-order valence-corrected chi connectivity index (χ4v) is 2.21. The van der Waals surface area contributed by atoms with Crippen molar-refractivity contribution in [3.63, 3.8) is 0 Å². The van der Waals surface area contributed by atoms with Crippen molar-refractivity contribution in [2.45, 2.75) is 56.5 Å². The molecule has 1 rings (SSSR count). The van der Waals surface area contributed by atoms with Gasteiger partial charge in [-0.3, -0.25) is 0 Å². The molecule has 0 spiro atoms. The zero-order chi connectivity index (χ0) is 15.6. The molecule has 0 saturated heterocycles. The van der Waals surface area contributed by atoms with Gasteiger partial charge in [-0.2, -0.15) is 26.3 Å². The number of carbonyl (C=O) groups is 1. The molecular formula is C11H16F6N2O. The van der Waals surface area contributed by atoms with Gasteiger partial charge in [-0.15, -0.1) is 0 Å². The lowest BCUT2D eigenvalue weighted by atomic mass is 9.95. The van der Waals surface area contributed by atoms with Gasteiger partial charge in [0.2, 0.25) is 6.04 Å². The van der Waals surface area contributed by atoms with E-state index in [1.54, 1.807) is 0 Å². The van der Waals surface area contributed by atoms with E-state index >= 15 is 0 Å². The van der Waals surface area contributed by atoms with Gasteiger partial charge in [-0.1, -0.05) is 19.3 Å². The van der Waals surface area contributed by atoms with Crippen LogP contribution in [0.2, 0.25) is 0 Å². The van der Waals surface area contributed by atoms with Gasteiger partial charge in [0.25, 0.3) is 0 Å². The molecule has 3 nitrogen and oxygen atoms in total. The fraction of sp³-hybridized carbons (Fsp3) is 0.909. The SMILES string of the molecule is CN(C(=O)NC(C(F)(F)F)C(F)(F)F)C1CCCCC1. The second-order valence-electron chi connectivity index (χ2n) is 4.87. The Hall–Kier alpha value is -1.15. The number of alkyl halides is 6. The van der Waals surface area contributed by atoms with E-state index < -0.39 is 24.4 Å². The summed E-state index contributed by atoms with van der Waals surface area (Å²) >= 11 is 0. The zero-order valence-corrected chi connectivity index (χ0v) is 10.8. The molecule has 0 atom stereocenters. The summed E-state index contributed by atoms with van der Waals surface area (Å²) < 4.78 is 74.0. The Kier molecular flexibility index (Phi) is 5.15. The van der Waals surface area contributed by atoms with E-state index in [2.05, 4.69) is 0 Å². The Balaban J connectivity index is 2.70. The molecule has 1 aliphatic rings. The lowest BCUT2D eigenvalue weighted by Crippen LogP contribution is -2.58. The third kappa shape index (κ3) is 4.45. The van der Waals surface area contributed by atoms with Crippen LogP contribution in [0.1, 0.15) is 32.1 Å². The van der Waals surface area contributed by atoms with Crippen LogP contribution in [0.5, 0.6) is 0 Å². The Morgan fingerprint density at radius 2 is 1.50 bits per heavy atom. The standard InChI is InChI=1S/C11H16F6N2O/c1-19(7-5-3-2-4-6-7)9(20)18-8(10(12,13)14)11(15,16)17/h7-8H,2-6H2,1H3,(H,18,20). The van der Waals surface area contributed by atoms with Crippen molar-refractivity contribution < 1.29 is 31.1 Å². The van der Waals surface area contributed by atoms with Crippen molar-refractivity contribution in [1.82, 2.24) is 10.2 Å². The van der Waals surface area contributed by atoms with Crippen LogP contribution in [0.3, 0.4) is 0 Å². The molecule has 2 amide bonds. The summed E-state index contributed by atoms with van der Waals surface area (Å²) in [5, 5.41) is 1.03. The Labute approximate surface area is 112 Å².